The number of benzene rings is 2. The number of rotatable bonds is 15. The molecular formula is C27H40O2. The Kier molecular flexibility index (Phi) is 11.3. The quantitative estimate of drug-likeness (QED) is 0.301. The monoisotopic (exact) mass is 396 g/mol. The van der Waals surface area contributed by atoms with E-state index in [2.05, 4.69) is 13.0 Å². The molecule has 0 saturated heterocycles. The summed E-state index contributed by atoms with van der Waals surface area (Å²) in [5.41, 5.74) is 2.16. The molecule has 1 atom stereocenters. The first-order chi connectivity index (χ1) is 14.2. The summed E-state index contributed by atoms with van der Waals surface area (Å²) in [6.07, 6.45) is 16.0. The van der Waals surface area contributed by atoms with E-state index in [0.29, 0.717) is 11.5 Å². The molecule has 0 saturated carbocycles. The fourth-order valence-corrected chi connectivity index (χ4v) is 4.20. The molecule has 2 nitrogen and oxygen atoms in total. The van der Waals surface area contributed by atoms with Crippen LogP contribution >= 0.6 is 0 Å². The molecule has 29 heavy (non-hydrogen) atoms. The van der Waals surface area contributed by atoms with E-state index in [1.54, 1.807) is 12.1 Å². The highest BCUT2D eigenvalue weighted by Crippen LogP contribution is 2.26. The normalized spacial score (nSPS) is 12.2. The first-order valence-electron chi connectivity index (χ1n) is 11.7. The smallest absolute Gasteiger partial charge is 0.118 e. The lowest BCUT2D eigenvalue weighted by Crippen LogP contribution is -2.04. The molecule has 2 rings (SSSR count). The minimum atomic E-state index is 0.431. The highest BCUT2D eigenvalue weighted by molar-refractivity contribution is 5.32. The van der Waals surface area contributed by atoms with Gasteiger partial charge in [-0.15, -0.1) is 0 Å². The number of para-hydroxylation sites is 2. The first-order valence-corrected chi connectivity index (χ1v) is 11.7. The van der Waals surface area contributed by atoms with Crippen LogP contribution in [0.25, 0.3) is 0 Å². The number of hydrogen-bond acceptors (Lipinski definition) is 2. The second-order valence-corrected chi connectivity index (χ2v) is 8.46. The van der Waals surface area contributed by atoms with E-state index < -0.39 is 0 Å². The van der Waals surface area contributed by atoms with Crippen molar-refractivity contribution in [3.8, 4) is 11.5 Å². The maximum Gasteiger partial charge on any atom is 0.118 e. The minimum absolute atomic E-state index is 0.431. The summed E-state index contributed by atoms with van der Waals surface area (Å²) < 4.78 is 0. The third-order valence-electron chi connectivity index (χ3n) is 6.08. The number of phenolic OH excluding ortho intramolecular Hbond substituents is 2. The zero-order chi connectivity index (χ0) is 20.7. The van der Waals surface area contributed by atoms with Gasteiger partial charge < -0.3 is 10.2 Å². The van der Waals surface area contributed by atoms with Crippen molar-refractivity contribution in [2.45, 2.75) is 90.4 Å². The highest BCUT2D eigenvalue weighted by Gasteiger charge is 2.11. The molecule has 0 bridgehead atoms. The summed E-state index contributed by atoms with van der Waals surface area (Å²) in [5, 5.41) is 19.9. The Morgan fingerprint density at radius 1 is 0.586 bits per heavy atom. The van der Waals surface area contributed by atoms with Crippen molar-refractivity contribution in [2.24, 2.45) is 5.92 Å². The van der Waals surface area contributed by atoms with Crippen LogP contribution in [0, 0.1) is 5.92 Å². The second-order valence-electron chi connectivity index (χ2n) is 8.46. The van der Waals surface area contributed by atoms with Gasteiger partial charge in [-0.05, 0) is 54.9 Å². The summed E-state index contributed by atoms with van der Waals surface area (Å²) in [6, 6.07) is 15.5. The van der Waals surface area contributed by atoms with Gasteiger partial charge >= 0.3 is 0 Å². The van der Waals surface area contributed by atoms with Crippen molar-refractivity contribution in [2.75, 3.05) is 0 Å². The molecule has 2 N–H and O–H groups in total. The summed E-state index contributed by atoms with van der Waals surface area (Å²) >= 11 is 0. The van der Waals surface area contributed by atoms with Crippen LogP contribution in [-0.2, 0) is 12.8 Å². The third-order valence-corrected chi connectivity index (χ3v) is 6.08. The summed E-state index contributed by atoms with van der Waals surface area (Å²) in [7, 11) is 0. The van der Waals surface area contributed by atoms with E-state index >= 15 is 0 Å². The second kappa shape index (κ2) is 14.1. The molecular weight excluding hydrogens is 356 g/mol. The lowest BCUT2D eigenvalue weighted by Gasteiger charge is -2.17. The summed E-state index contributed by atoms with van der Waals surface area (Å²) in [4.78, 5) is 0. The maximum absolute atomic E-state index is 10.1. The molecule has 0 fully saturated rings. The van der Waals surface area contributed by atoms with Gasteiger partial charge in [-0.2, -0.15) is 0 Å². The molecule has 160 valence electrons. The van der Waals surface area contributed by atoms with Crippen molar-refractivity contribution in [3.05, 3.63) is 59.7 Å². The van der Waals surface area contributed by atoms with Gasteiger partial charge in [0.1, 0.15) is 11.5 Å². The standard InChI is InChI=1S/C27H40O2/c1-2-3-4-5-7-14-23(21-22-25-18-11-13-20-27(25)29)15-8-6-9-16-24-17-10-12-19-26(24)28/h10-13,17-20,23,28-29H,2-9,14-16,21-22H2,1H3. The molecule has 0 amide bonds. The fourth-order valence-electron chi connectivity index (χ4n) is 4.20. The fraction of sp³-hybridized carbons (Fsp3) is 0.556. The Bertz CT molecular complexity index is 680. The van der Waals surface area contributed by atoms with Gasteiger partial charge in [-0.1, -0.05) is 101 Å². The molecule has 1 unspecified atom stereocenters. The zero-order valence-electron chi connectivity index (χ0n) is 18.3. The minimum Gasteiger partial charge on any atom is -0.508 e. The van der Waals surface area contributed by atoms with Crippen molar-refractivity contribution in [3.63, 3.8) is 0 Å². The predicted molar refractivity (Wildman–Crippen MR) is 124 cm³/mol. The van der Waals surface area contributed by atoms with Gasteiger partial charge in [0.25, 0.3) is 0 Å². The number of aromatic hydroxyl groups is 2. The Balaban J connectivity index is 1.73. The van der Waals surface area contributed by atoms with Gasteiger partial charge in [-0.3, -0.25) is 0 Å². The van der Waals surface area contributed by atoms with Crippen LogP contribution in [0.2, 0.25) is 0 Å². The summed E-state index contributed by atoms with van der Waals surface area (Å²) in [6.45, 7) is 2.27. The molecule has 0 aliphatic heterocycles. The molecule has 0 aliphatic carbocycles. The van der Waals surface area contributed by atoms with Crippen LogP contribution in [0.1, 0.15) is 88.7 Å². The number of hydrogen-bond donors (Lipinski definition) is 2. The van der Waals surface area contributed by atoms with E-state index in [1.165, 1.54) is 64.2 Å². The highest BCUT2D eigenvalue weighted by atomic mass is 16.3. The Labute approximate surface area is 178 Å². The lowest BCUT2D eigenvalue weighted by molar-refractivity contribution is 0.379. The van der Waals surface area contributed by atoms with E-state index in [-0.39, 0.29) is 0 Å². The van der Waals surface area contributed by atoms with Crippen molar-refractivity contribution < 1.29 is 10.2 Å². The molecule has 0 heterocycles. The molecule has 2 aromatic carbocycles. The Hall–Kier alpha value is -1.96. The van der Waals surface area contributed by atoms with Crippen molar-refractivity contribution in [1.29, 1.82) is 0 Å². The van der Waals surface area contributed by atoms with E-state index in [4.69, 9.17) is 0 Å². The maximum atomic E-state index is 10.1. The van der Waals surface area contributed by atoms with Gasteiger partial charge in [0.05, 0.1) is 0 Å². The molecule has 0 aromatic heterocycles. The van der Waals surface area contributed by atoms with E-state index in [0.717, 1.165) is 36.3 Å². The van der Waals surface area contributed by atoms with Crippen LogP contribution in [0.5, 0.6) is 11.5 Å². The van der Waals surface area contributed by atoms with E-state index in [1.807, 2.05) is 30.3 Å². The van der Waals surface area contributed by atoms with Crippen molar-refractivity contribution in [1.82, 2.24) is 0 Å². The number of aryl methyl sites for hydroxylation is 2. The van der Waals surface area contributed by atoms with Gasteiger partial charge in [0.2, 0.25) is 0 Å². The summed E-state index contributed by atoms with van der Waals surface area (Å²) in [5.74, 6) is 1.62. The SMILES string of the molecule is CCCCCCCC(CCCCCc1ccccc1O)CCc1ccccc1O. The number of unbranched alkanes of at least 4 members (excludes halogenated alkanes) is 6. The topological polar surface area (TPSA) is 40.5 Å². The number of phenols is 2. The zero-order valence-corrected chi connectivity index (χ0v) is 18.3. The largest absolute Gasteiger partial charge is 0.508 e. The predicted octanol–water partition coefficient (Wildman–Crippen LogP) is 7.81. The van der Waals surface area contributed by atoms with Crippen LogP contribution in [-0.4, -0.2) is 10.2 Å². The molecule has 0 spiro atoms. The average Bonchev–Trinajstić information content (AvgIpc) is 2.73. The Morgan fingerprint density at radius 3 is 1.69 bits per heavy atom. The van der Waals surface area contributed by atoms with Gasteiger partial charge in [0, 0.05) is 0 Å². The molecule has 0 aliphatic rings. The lowest BCUT2D eigenvalue weighted by atomic mass is 9.89. The van der Waals surface area contributed by atoms with Crippen LogP contribution in [0.4, 0.5) is 0 Å². The molecule has 2 heteroatoms. The van der Waals surface area contributed by atoms with Crippen LogP contribution in [0.3, 0.4) is 0 Å². The van der Waals surface area contributed by atoms with Crippen molar-refractivity contribution >= 4 is 0 Å². The van der Waals surface area contributed by atoms with E-state index in [9.17, 15) is 10.2 Å². The third kappa shape index (κ3) is 9.39. The average molecular weight is 397 g/mol. The van der Waals surface area contributed by atoms with Gasteiger partial charge in [-0.25, -0.2) is 0 Å². The van der Waals surface area contributed by atoms with Crippen LogP contribution in [0.15, 0.2) is 48.5 Å². The first kappa shape index (κ1) is 23.3. The van der Waals surface area contributed by atoms with Gasteiger partial charge in [0.15, 0.2) is 0 Å². The molecule has 0 radical (unpaired) electrons. The Morgan fingerprint density at radius 2 is 1.10 bits per heavy atom. The van der Waals surface area contributed by atoms with Crippen LogP contribution < -0.4 is 0 Å². The molecule has 2 aromatic rings.